The van der Waals surface area contributed by atoms with Gasteiger partial charge in [-0.25, -0.2) is 9.59 Å². The number of halogens is 1. The highest BCUT2D eigenvalue weighted by Gasteiger charge is 2.26. The van der Waals surface area contributed by atoms with Crippen LogP contribution in [0.2, 0.25) is 0 Å². The molecular formula is C15H21BrN2O3. The van der Waals surface area contributed by atoms with E-state index in [1.807, 2.05) is 38.1 Å². The van der Waals surface area contributed by atoms with E-state index in [2.05, 4.69) is 21.2 Å². The highest BCUT2D eigenvalue weighted by atomic mass is 79.9. The zero-order valence-corrected chi connectivity index (χ0v) is 14.1. The van der Waals surface area contributed by atoms with E-state index in [-0.39, 0.29) is 11.9 Å². The van der Waals surface area contributed by atoms with Crippen LogP contribution in [-0.4, -0.2) is 35.1 Å². The predicted octanol–water partition coefficient (Wildman–Crippen LogP) is 3.09. The molecule has 21 heavy (non-hydrogen) atoms. The molecule has 0 saturated heterocycles. The van der Waals surface area contributed by atoms with Crippen molar-refractivity contribution in [3.63, 3.8) is 0 Å². The van der Waals surface area contributed by atoms with E-state index in [1.165, 1.54) is 4.90 Å². The number of rotatable bonds is 6. The van der Waals surface area contributed by atoms with E-state index in [0.29, 0.717) is 13.0 Å². The molecule has 0 heterocycles. The van der Waals surface area contributed by atoms with E-state index >= 15 is 0 Å². The molecule has 0 aromatic heterocycles. The molecule has 0 spiro atoms. The number of hydrogen-bond donors (Lipinski definition) is 2. The first-order valence-corrected chi connectivity index (χ1v) is 7.63. The number of benzene rings is 1. The van der Waals surface area contributed by atoms with Gasteiger partial charge in [-0.05, 0) is 23.6 Å². The predicted molar refractivity (Wildman–Crippen MR) is 85.0 cm³/mol. The van der Waals surface area contributed by atoms with Crippen molar-refractivity contribution >= 4 is 27.9 Å². The van der Waals surface area contributed by atoms with E-state index in [0.717, 1.165) is 10.0 Å². The van der Waals surface area contributed by atoms with Crippen molar-refractivity contribution in [3.8, 4) is 0 Å². The average Bonchev–Trinajstić information content (AvgIpc) is 2.43. The normalized spacial score (nSPS) is 13.3. The quantitative estimate of drug-likeness (QED) is 0.822. The van der Waals surface area contributed by atoms with Gasteiger partial charge in [0.25, 0.3) is 0 Å². The van der Waals surface area contributed by atoms with Gasteiger partial charge in [-0.2, -0.15) is 0 Å². The minimum absolute atomic E-state index is 0.120. The first-order chi connectivity index (χ1) is 9.85. The fourth-order valence-corrected chi connectivity index (χ4v) is 2.35. The number of carboxylic acid groups (broad SMARTS) is 1. The third-order valence-corrected chi connectivity index (χ3v) is 3.91. The molecule has 1 aromatic rings. The number of nitrogens with one attached hydrogen (secondary N) is 1. The van der Waals surface area contributed by atoms with Crippen LogP contribution < -0.4 is 5.32 Å². The second kappa shape index (κ2) is 8.02. The van der Waals surface area contributed by atoms with Crippen LogP contribution in [-0.2, 0) is 11.3 Å². The largest absolute Gasteiger partial charge is 0.480 e. The minimum Gasteiger partial charge on any atom is -0.480 e. The van der Waals surface area contributed by atoms with Gasteiger partial charge in [0.15, 0.2) is 0 Å². The molecule has 0 aliphatic carbocycles. The van der Waals surface area contributed by atoms with Crippen molar-refractivity contribution in [2.45, 2.75) is 32.9 Å². The van der Waals surface area contributed by atoms with Gasteiger partial charge >= 0.3 is 12.0 Å². The molecule has 2 amide bonds. The summed E-state index contributed by atoms with van der Waals surface area (Å²) in [6.07, 6.45) is 0.687. The van der Waals surface area contributed by atoms with Crippen LogP contribution in [0, 0.1) is 5.92 Å². The lowest BCUT2D eigenvalue weighted by Gasteiger charge is -2.24. The molecule has 6 heteroatoms. The van der Waals surface area contributed by atoms with Gasteiger partial charge < -0.3 is 15.3 Å². The summed E-state index contributed by atoms with van der Waals surface area (Å²) < 4.78 is 0.942. The number of urea groups is 1. The van der Waals surface area contributed by atoms with Crippen molar-refractivity contribution in [2.75, 3.05) is 7.05 Å². The number of amides is 2. The zero-order chi connectivity index (χ0) is 16.0. The lowest BCUT2D eigenvalue weighted by Crippen LogP contribution is -2.49. The number of carboxylic acids is 1. The van der Waals surface area contributed by atoms with E-state index in [9.17, 15) is 14.7 Å². The third-order valence-electron chi connectivity index (χ3n) is 3.41. The summed E-state index contributed by atoms with van der Waals surface area (Å²) in [7, 11) is 1.64. The van der Waals surface area contributed by atoms with Gasteiger partial charge in [0.05, 0.1) is 0 Å². The summed E-state index contributed by atoms with van der Waals surface area (Å²) in [6.45, 7) is 4.13. The summed E-state index contributed by atoms with van der Waals surface area (Å²) in [4.78, 5) is 24.8. The Morgan fingerprint density at radius 3 is 2.62 bits per heavy atom. The third kappa shape index (κ3) is 5.38. The molecule has 0 aliphatic heterocycles. The lowest BCUT2D eigenvalue weighted by molar-refractivity contribution is -0.140. The Bertz CT molecular complexity index is 507. The molecule has 0 unspecified atom stereocenters. The number of carbonyl (C=O) groups is 2. The van der Waals surface area contributed by atoms with Crippen molar-refractivity contribution < 1.29 is 14.7 Å². The van der Waals surface area contributed by atoms with Gasteiger partial charge in [-0.3, -0.25) is 0 Å². The van der Waals surface area contributed by atoms with Crippen LogP contribution in [0.4, 0.5) is 4.79 Å². The summed E-state index contributed by atoms with van der Waals surface area (Å²) in [5.74, 6) is -1.13. The van der Waals surface area contributed by atoms with Crippen LogP contribution in [0.1, 0.15) is 25.8 Å². The summed E-state index contributed by atoms with van der Waals surface area (Å²) in [5.41, 5.74) is 0.970. The molecule has 0 radical (unpaired) electrons. The summed E-state index contributed by atoms with van der Waals surface area (Å²) in [5, 5.41) is 11.8. The number of carbonyl (C=O) groups excluding carboxylic acids is 1. The number of aliphatic carboxylic acids is 1. The van der Waals surface area contributed by atoms with Crippen molar-refractivity contribution in [2.24, 2.45) is 5.92 Å². The first-order valence-electron chi connectivity index (χ1n) is 6.84. The summed E-state index contributed by atoms with van der Waals surface area (Å²) >= 11 is 3.38. The summed E-state index contributed by atoms with van der Waals surface area (Å²) in [6, 6.07) is 6.39. The average molecular weight is 357 g/mol. The molecular weight excluding hydrogens is 336 g/mol. The van der Waals surface area contributed by atoms with Crippen LogP contribution in [0.15, 0.2) is 28.7 Å². The zero-order valence-electron chi connectivity index (χ0n) is 12.5. The monoisotopic (exact) mass is 356 g/mol. The maximum atomic E-state index is 12.1. The molecule has 0 bridgehead atoms. The highest BCUT2D eigenvalue weighted by molar-refractivity contribution is 9.10. The maximum absolute atomic E-state index is 12.1. The standard InChI is InChI=1S/C15H21BrN2O3/c1-4-10(2)13(14(19)20)17-15(21)18(3)9-11-6-5-7-12(16)8-11/h5-8,10,13H,4,9H2,1-3H3,(H,17,21)(H,19,20)/t10-,13-/m0/s1. The molecule has 5 nitrogen and oxygen atoms in total. The molecule has 116 valence electrons. The van der Waals surface area contributed by atoms with E-state index in [4.69, 9.17) is 0 Å². The second-order valence-corrected chi connectivity index (χ2v) is 6.05. The van der Waals surface area contributed by atoms with E-state index in [1.54, 1.807) is 7.05 Å². The minimum atomic E-state index is -1.01. The Balaban J connectivity index is 2.67. The van der Waals surface area contributed by atoms with Gasteiger partial charge in [-0.1, -0.05) is 48.3 Å². The van der Waals surface area contributed by atoms with Crippen molar-refractivity contribution in [1.82, 2.24) is 10.2 Å². The molecule has 1 aromatic carbocycles. The molecule has 2 N–H and O–H groups in total. The van der Waals surface area contributed by atoms with Crippen LogP contribution >= 0.6 is 15.9 Å². The lowest BCUT2D eigenvalue weighted by atomic mass is 9.99. The molecule has 2 atom stereocenters. The topological polar surface area (TPSA) is 69.6 Å². The molecule has 0 aliphatic rings. The van der Waals surface area contributed by atoms with Crippen LogP contribution in [0.5, 0.6) is 0 Å². The highest BCUT2D eigenvalue weighted by Crippen LogP contribution is 2.13. The maximum Gasteiger partial charge on any atom is 0.326 e. The molecule has 1 rings (SSSR count). The van der Waals surface area contributed by atoms with Gasteiger partial charge in [-0.15, -0.1) is 0 Å². The Kier molecular flexibility index (Phi) is 6.68. The Hall–Kier alpha value is -1.56. The van der Waals surface area contributed by atoms with Gasteiger partial charge in [0.2, 0.25) is 0 Å². The van der Waals surface area contributed by atoms with Crippen LogP contribution in [0.25, 0.3) is 0 Å². The van der Waals surface area contributed by atoms with Gasteiger partial charge in [0.1, 0.15) is 6.04 Å². The Morgan fingerprint density at radius 2 is 2.10 bits per heavy atom. The van der Waals surface area contributed by atoms with Crippen LogP contribution in [0.3, 0.4) is 0 Å². The SMILES string of the molecule is CC[C@H](C)[C@H](NC(=O)N(C)Cc1cccc(Br)c1)C(=O)O. The number of nitrogens with zero attached hydrogens (tertiary/aromatic N) is 1. The van der Waals surface area contributed by atoms with E-state index < -0.39 is 12.0 Å². The van der Waals surface area contributed by atoms with Gasteiger partial charge in [0, 0.05) is 18.1 Å². The smallest absolute Gasteiger partial charge is 0.326 e. The number of hydrogen-bond acceptors (Lipinski definition) is 2. The fraction of sp³-hybridized carbons (Fsp3) is 0.467. The second-order valence-electron chi connectivity index (χ2n) is 5.14. The molecule has 0 saturated carbocycles. The van der Waals surface area contributed by atoms with Crippen molar-refractivity contribution in [3.05, 3.63) is 34.3 Å². The Morgan fingerprint density at radius 1 is 1.43 bits per heavy atom. The Labute approximate surface area is 133 Å². The van der Waals surface area contributed by atoms with Crippen molar-refractivity contribution in [1.29, 1.82) is 0 Å². The fourth-order valence-electron chi connectivity index (χ4n) is 1.91. The first kappa shape index (κ1) is 17.5. The molecule has 0 fully saturated rings.